The molecule has 6 aliphatic carbocycles. The SMILES string of the molecule is CC12CCC3c4ccc(OC(=O)CNC(=O)CC(N)C(=O)Oc5ccc6c(c5)CCC5C6CCC6(C)C(O)CCC56)cc4CCC3C1CCC2O. The average Bonchev–Trinajstić information content (AvgIpc) is 3.60. The molecule has 11 unspecified atom stereocenters. The van der Waals surface area contributed by atoms with Crippen molar-refractivity contribution in [3.63, 3.8) is 0 Å². The Labute approximate surface area is 301 Å². The Morgan fingerprint density at radius 2 is 1.27 bits per heavy atom. The van der Waals surface area contributed by atoms with Crippen LogP contribution in [0.25, 0.3) is 0 Å². The Balaban J connectivity index is 0.803. The van der Waals surface area contributed by atoms with E-state index < -0.39 is 23.9 Å². The van der Waals surface area contributed by atoms with Crippen LogP contribution in [0.1, 0.15) is 119 Å². The van der Waals surface area contributed by atoms with E-state index in [1.807, 2.05) is 24.3 Å². The number of hydrogen-bond donors (Lipinski definition) is 4. The molecule has 9 nitrogen and oxygen atoms in total. The number of ether oxygens (including phenoxy) is 2. The molecule has 2 aromatic rings. The van der Waals surface area contributed by atoms with E-state index in [4.69, 9.17) is 15.2 Å². The largest absolute Gasteiger partial charge is 0.425 e. The highest BCUT2D eigenvalue weighted by Gasteiger charge is 2.55. The summed E-state index contributed by atoms with van der Waals surface area (Å²) in [5.74, 6) is 2.29. The number of carbonyl (C=O) groups excluding carboxylic acids is 3. The molecule has 2 aromatic carbocycles. The molecule has 5 N–H and O–H groups in total. The predicted octanol–water partition coefficient (Wildman–Crippen LogP) is 5.47. The zero-order valence-corrected chi connectivity index (χ0v) is 30.1. The molecule has 0 aromatic heterocycles. The number of rotatable bonds is 7. The summed E-state index contributed by atoms with van der Waals surface area (Å²) in [6.45, 7) is 4.22. The first-order valence-electron chi connectivity index (χ1n) is 19.5. The van der Waals surface area contributed by atoms with Gasteiger partial charge in [0.05, 0.1) is 18.6 Å². The predicted molar refractivity (Wildman–Crippen MR) is 191 cm³/mol. The molecular weight excluding hydrogens is 644 g/mol. The Morgan fingerprint density at radius 1 is 0.765 bits per heavy atom. The number of benzene rings is 2. The van der Waals surface area contributed by atoms with Gasteiger partial charge in [-0.3, -0.25) is 4.79 Å². The number of fused-ring (bicyclic) bond motifs is 10. The molecule has 51 heavy (non-hydrogen) atoms. The van der Waals surface area contributed by atoms with Gasteiger partial charge in [0.15, 0.2) is 0 Å². The summed E-state index contributed by atoms with van der Waals surface area (Å²) in [6.07, 6.45) is 11.5. The van der Waals surface area contributed by atoms with Crippen molar-refractivity contribution in [3.8, 4) is 11.5 Å². The number of nitrogens with two attached hydrogens (primary N) is 1. The Hall–Kier alpha value is -3.27. The molecule has 4 fully saturated rings. The first-order valence-corrected chi connectivity index (χ1v) is 19.5. The fourth-order valence-corrected chi connectivity index (χ4v) is 12.1. The molecule has 9 heteroatoms. The molecule has 1 amide bonds. The van der Waals surface area contributed by atoms with E-state index in [9.17, 15) is 24.6 Å². The lowest BCUT2D eigenvalue weighted by Gasteiger charge is -2.50. The van der Waals surface area contributed by atoms with Crippen LogP contribution < -0.4 is 20.5 Å². The molecular formula is C42H54N2O7. The summed E-state index contributed by atoms with van der Waals surface area (Å²) in [6, 6.07) is 10.6. The van der Waals surface area contributed by atoms with Gasteiger partial charge in [0, 0.05) is 0 Å². The van der Waals surface area contributed by atoms with Crippen LogP contribution in [0.2, 0.25) is 0 Å². The lowest BCUT2D eigenvalue weighted by Crippen LogP contribution is -2.44. The van der Waals surface area contributed by atoms with Gasteiger partial charge >= 0.3 is 11.9 Å². The van der Waals surface area contributed by atoms with E-state index in [2.05, 4.69) is 31.3 Å². The van der Waals surface area contributed by atoms with Crippen molar-refractivity contribution in [2.75, 3.05) is 6.54 Å². The van der Waals surface area contributed by atoms with Crippen LogP contribution in [0.4, 0.5) is 0 Å². The van der Waals surface area contributed by atoms with Gasteiger partial charge in [-0.2, -0.15) is 0 Å². The van der Waals surface area contributed by atoms with Crippen molar-refractivity contribution in [1.29, 1.82) is 0 Å². The van der Waals surface area contributed by atoms with Gasteiger partial charge in [-0.25, -0.2) is 9.59 Å². The fourth-order valence-electron chi connectivity index (χ4n) is 12.1. The van der Waals surface area contributed by atoms with Gasteiger partial charge in [0.1, 0.15) is 24.1 Å². The van der Waals surface area contributed by atoms with E-state index in [1.165, 1.54) is 22.3 Å². The number of esters is 2. The van der Waals surface area contributed by atoms with Crippen LogP contribution in [-0.2, 0) is 27.2 Å². The van der Waals surface area contributed by atoms with Crippen molar-refractivity contribution in [1.82, 2.24) is 5.32 Å². The van der Waals surface area contributed by atoms with Gasteiger partial charge in [0.25, 0.3) is 0 Å². The van der Waals surface area contributed by atoms with E-state index >= 15 is 0 Å². The number of aliphatic hydroxyl groups is 2. The topological polar surface area (TPSA) is 148 Å². The summed E-state index contributed by atoms with van der Waals surface area (Å²) in [4.78, 5) is 38.1. The Morgan fingerprint density at radius 3 is 1.80 bits per heavy atom. The van der Waals surface area contributed by atoms with E-state index in [1.54, 1.807) is 0 Å². The standard InChI is InChI=1S/C42H54N2O7/c1-41-17-15-29-27-9-5-25(19-23(27)3-7-31(29)33(41)11-13-36(41)45)50-39(48)22-44-38(47)21-35(43)40(49)51-26-6-10-28-24(20-26)4-8-32-30(28)16-18-42(2)34(32)12-14-37(42)46/h5-6,9-10,19-20,29-37,45-46H,3-4,7-8,11-18,21-22,43H2,1-2H3,(H,44,47). The third-order valence-corrected chi connectivity index (χ3v) is 14.9. The number of nitrogens with one attached hydrogen (secondary N) is 1. The van der Waals surface area contributed by atoms with Gasteiger partial charge in [0.2, 0.25) is 5.91 Å². The van der Waals surface area contributed by atoms with E-state index in [0.29, 0.717) is 47.0 Å². The number of aryl methyl sites for hydroxylation is 2. The monoisotopic (exact) mass is 698 g/mol. The highest BCUT2D eigenvalue weighted by atomic mass is 16.5. The van der Waals surface area contributed by atoms with Crippen LogP contribution in [0, 0.1) is 34.5 Å². The smallest absolute Gasteiger partial charge is 0.330 e. The third kappa shape index (κ3) is 6.11. The molecule has 11 atom stereocenters. The highest BCUT2D eigenvalue weighted by Crippen LogP contribution is 2.62. The second-order valence-electron chi connectivity index (χ2n) is 17.3. The average molecular weight is 699 g/mol. The van der Waals surface area contributed by atoms with Crippen LogP contribution in [-0.4, -0.2) is 52.9 Å². The Kier molecular flexibility index (Phi) is 9.07. The minimum absolute atomic E-state index is 0.0311. The van der Waals surface area contributed by atoms with Gasteiger partial charge in [-0.15, -0.1) is 0 Å². The number of carbonyl (C=O) groups is 3. The summed E-state index contributed by atoms with van der Waals surface area (Å²) in [5.41, 5.74) is 11.2. The van der Waals surface area contributed by atoms with Crippen LogP contribution in [0.5, 0.6) is 11.5 Å². The first kappa shape index (κ1) is 34.8. The van der Waals surface area contributed by atoms with Gasteiger partial charge in [-0.05, 0) is 170 Å². The van der Waals surface area contributed by atoms with Crippen molar-refractivity contribution in [3.05, 3.63) is 58.7 Å². The van der Waals surface area contributed by atoms with Crippen molar-refractivity contribution in [2.24, 2.45) is 40.2 Å². The van der Waals surface area contributed by atoms with Gasteiger partial charge < -0.3 is 30.7 Å². The molecule has 0 aliphatic heterocycles. The highest BCUT2D eigenvalue weighted by molar-refractivity contribution is 5.88. The van der Waals surface area contributed by atoms with Crippen molar-refractivity contribution in [2.45, 2.75) is 127 Å². The third-order valence-electron chi connectivity index (χ3n) is 14.9. The van der Waals surface area contributed by atoms with Crippen LogP contribution in [0.15, 0.2) is 36.4 Å². The minimum atomic E-state index is -1.18. The van der Waals surface area contributed by atoms with E-state index in [-0.39, 0.29) is 36.0 Å². The summed E-state index contributed by atoms with van der Waals surface area (Å²) in [7, 11) is 0. The summed E-state index contributed by atoms with van der Waals surface area (Å²) < 4.78 is 11.2. The maximum atomic E-state index is 12.9. The van der Waals surface area contributed by atoms with Crippen molar-refractivity contribution >= 4 is 17.8 Å². The molecule has 274 valence electrons. The maximum Gasteiger partial charge on any atom is 0.330 e. The molecule has 0 bridgehead atoms. The van der Waals surface area contributed by atoms with Crippen LogP contribution in [0.3, 0.4) is 0 Å². The number of aliphatic hydroxyl groups excluding tert-OH is 2. The fraction of sp³-hybridized carbons (Fsp3) is 0.643. The number of amides is 1. The molecule has 0 saturated heterocycles. The minimum Gasteiger partial charge on any atom is -0.425 e. The Bertz CT molecular complexity index is 1710. The second kappa shape index (κ2) is 13.3. The first-order chi connectivity index (χ1) is 24.4. The maximum absolute atomic E-state index is 12.9. The molecule has 8 rings (SSSR count). The zero-order valence-electron chi connectivity index (χ0n) is 30.1. The quantitative estimate of drug-likeness (QED) is 0.220. The van der Waals surface area contributed by atoms with Gasteiger partial charge in [-0.1, -0.05) is 26.0 Å². The normalized spacial score (nSPS) is 36.6. The molecule has 6 aliphatic rings. The lowest BCUT2D eigenvalue weighted by atomic mass is 9.55. The van der Waals surface area contributed by atoms with Crippen molar-refractivity contribution < 1.29 is 34.1 Å². The zero-order chi connectivity index (χ0) is 35.7. The number of hydrogen-bond acceptors (Lipinski definition) is 8. The summed E-state index contributed by atoms with van der Waals surface area (Å²) >= 11 is 0. The molecule has 4 saturated carbocycles. The molecule has 0 heterocycles. The lowest BCUT2D eigenvalue weighted by molar-refractivity contribution is -0.138. The molecule has 0 spiro atoms. The van der Waals surface area contributed by atoms with Crippen LogP contribution >= 0.6 is 0 Å². The summed E-state index contributed by atoms with van der Waals surface area (Å²) in [5, 5.41) is 23.9. The van der Waals surface area contributed by atoms with E-state index in [0.717, 1.165) is 77.0 Å². The molecule has 0 radical (unpaired) electrons. The second-order valence-corrected chi connectivity index (χ2v) is 17.3.